The number of nitrogens with one attached hydrogen (secondary N) is 1. The van der Waals surface area contributed by atoms with Crippen LogP contribution >= 0.6 is 0 Å². The van der Waals surface area contributed by atoms with Crippen LogP contribution in [-0.4, -0.2) is 26.5 Å². The van der Waals surface area contributed by atoms with E-state index in [0.29, 0.717) is 12.0 Å². The Bertz CT molecular complexity index is 1260. The van der Waals surface area contributed by atoms with Gasteiger partial charge in [-0.25, -0.2) is 0 Å². The lowest BCUT2D eigenvalue weighted by molar-refractivity contribution is -0.138. The fraction of sp³-hybridized carbons (Fsp3) is 0.357. The van der Waals surface area contributed by atoms with Crippen LogP contribution in [0.1, 0.15) is 61.0 Å². The zero-order chi connectivity index (χ0) is 25.7. The molecule has 3 aromatic rings. The van der Waals surface area contributed by atoms with Gasteiger partial charge in [-0.05, 0) is 73.1 Å². The second-order valence-electron chi connectivity index (χ2n) is 9.53. The first-order chi connectivity index (χ1) is 16.6. The molecule has 0 aliphatic carbocycles. The van der Waals surface area contributed by atoms with Crippen molar-refractivity contribution in [2.75, 3.05) is 0 Å². The van der Waals surface area contributed by atoms with Crippen molar-refractivity contribution in [3.63, 3.8) is 0 Å². The van der Waals surface area contributed by atoms with Gasteiger partial charge in [-0.15, -0.1) is 0 Å². The SMILES string of the molecule is Cc1ccn([C@@H](CC(C)C)C(=O)N[C@@H](CC(=O)O)c2cncc(-c3c(C)cccc3C)c2)c(=O)c1. The number of carbonyl (C=O) groups excluding carboxylic acids is 1. The van der Waals surface area contributed by atoms with Gasteiger partial charge in [0.2, 0.25) is 5.91 Å². The molecule has 35 heavy (non-hydrogen) atoms. The predicted octanol–water partition coefficient (Wildman–Crippen LogP) is 4.75. The molecule has 0 aliphatic rings. The van der Waals surface area contributed by atoms with Crippen LogP contribution in [0.15, 0.2) is 59.8 Å². The van der Waals surface area contributed by atoms with Gasteiger partial charge in [-0.2, -0.15) is 0 Å². The normalized spacial score (nSPS) is 12.9. The maximum absolute atomic E-state index is 13.5. The van der Waals surface area contributed by atoms with E-state index >= 15 is 0 Å². The Kier molecular flexibility index (Phi) is 8.22. The molecule has 0 saturated carbocycles. The second kappa shape index (κ2) is 11.1. The van der Waals surface area contributed by atoms with Crippen molar-refractivity contribution in [2.45, 2.75) is 59.5 Å². The van der Waals surface area contributed by atoms with Crippen molar-refractivity contribution in [2.24, 2.45) is 5.92 Å². The Hall–Kier alpha value is -3.74. The molecule has 0 fully saturated rings. The van der Waals surface area contributed by atoms with Crippen LogP contribution in [0.2, 0.25) is 0 Å². The number of amides is 1. The van der Waals surface area contributed by atoms with E-state index in [1.165, 1.54) is 10.6 Å². The van der Waals surface area contributed by atoms with Gasteiger partial charge in [0.25, 0.3) is 5.56 Å². The molecule has 0 radical (unpaired) electrons. The van der Waals surface area contributed by atoms with E-state index in [0.717, 1.165) is 27.8 Å². The van der Waals surface area contributed by atoms with E-state index in [-0.39, 0.29) is 17.9 Å². The molecule has 0 aliphatic heterocycles. The fourth-order valence-corrected chi connectivity index (χ4v) is 4.39. The van der Waals surface area contributed by atoms with E-state index in [9.17, 15) is 19.5 Å². The first-order valence-corrected chi connectivity index (χ1v) is 11.8. The molecule has 2 heterocycles. The van der Waals surface area contributed by atoms with E-state index in [2.05, 4.69) is 10.3 Å². The zero-order valence-corrected chi connectivity index (χ0v) is 20.9. The number of pyridine rings is 2. The summed E-state index contributed by atoms with van der Waals surface area (Å²) in [5.74, 6) is -1.29. The number of aromatic nitrogens is 2. The third-order valence-corrected chi connectivity index (χ3v) is 6.06. The number of benzene rings is 1. The Morgan fingerprint density at radius 2 is 1.74 bits per heavy atom. The number of hydrogen-bond acceptors (Lipinski definition) is 4. The largest absolute Gasteiger partial charge is 0.481 e. The first kappa shape index (κ1) is 25.9. The number of carboxylic acid groups (broad SMARTS) is 1. The molecule has 1 amide bonds. The van der Waals surface area contributed by atoms with Gasteiger partial charge in [0, 0.05) is 30.2 Å². The summed E-state index contributed by atoms with van der Waals surface area (Å²) in [5, 5.41) is 12.5. The van der Waals surface area contributed by atoms with Crippen LogP contribution in [0.5, 0.6) is 0 Å². The average molecular weight is 476 g/mol. The van der Waals surface area contributed by atoms with E-state index in [4.69, 9.17) is 0 Å². The molecule has 1 aromatic carbocycles. The molecular weight excluding hydrogens is 442 g/mol. The topological polar surface area (TPSA) is 101 Å². The first-order valence-electron chi connectivity index (χ1n) is 11.8. The molecular formula is C28H33N3O4. The second-order valence-corrected chi connectivity index (χ2v) is 9.53. The minimum absolute atomic E-state index is 0.144. The molecule has 7 nitrogen and oxygen atoms in total. The number of nitrogens with zero attached hydrogens (tertiary/aromatic N) is 2. The van der Waals surface area contributed by atoms with Gasteiger partial charge in [0.05, 0.1) is 12.5 Å². The van der Waals surface area contributed by atoms with Crippen molar-refractivity contribution in [3.05, 3.63) is 87.6 Å². The summed E-state index contributed by atoms with van der Waals surface area (Å²) in [6, 6.07) is 9.62. The number of rotatable bonds is 9. The van der Waals surface area contributed by atoms with Gasteiger partial charge in [-0.1, -0.05) is 32.0 Å². The van der Waals surface area contributed by atoms with Crippen LogP contribution in [0, 0.1) is 26.7 Å². The number of carboxylic acids is 1. The van der Waals surface area contributed by atoms with Gasteiger partial charge < -0.3 is 15.0 Å². The molecule has 2 aromatic heterocycles. The van der Waals surface area contributed by atoms with Crippen molar-refractivity contribution in [1.82, 2.24) is 14.9 Å². The highest BCUT2D eigenvalue weighted by Crippen LogP contribution is 2.29. The number of aliphatic carboxylic acids is 1. The van der Waals surface area contributed by atoms with Gasteiger partial charge in [0.15, 0.2) is 0 Å². The van der Waals surface area contributed by atoms with Gasteiger partial charge in [0.1, 0.15) is 6.04 Å². The monoisotopic (exact) mass is 475 g/mol. The average Bonchev–Trinajstić information content (AvgIpc) is 2.77. The van der Waals surface area contributed by atoms with Crippen molar-refractivity contribution < 1.29 is 14.7 Å². The summed E-state index contributed by atoms with van der Waals surface area (Å²) in [6.45, 7) is 9.81. The third kappa shape index (κ3) is 6.44. The zero-order valence-electron chi connectivity index (χ0n) is 20.9. The molecule has 0 spiro atoms. The molecule has 184 valence electrons. The highest BCUT2D eigenvalue weighted by Gasteiger charge is 2.27. The lowest BCUT2D eigenvalue weighted by Gasteiger charge is -2.25. The summed E-state index contributed by atoms with van der Waals surface area (Å²) in [4.78, 5) is 42.2. The van der Waals surface area contributed by atoms with Crippen LogP contribution in [0.3, 0.4) is 0 Å². The minimum atomic E-state index is -1.04. The maximum atomic E-state index is 13.5. The molecule has 3 rings (SSSR count). The van der Waals surface area contributed by atoms with E-state index in [1.54, 1.807) is 24.7 Å². The van der Waals surface area contributed by atoms with E-state index in [1.807, 2.05) is 58.9 Å². The van der Waals surface area contributed by atoms with Crippen LogP contribution in [0.4, 0.5) is 0 Å². The highest BCUT2D eigenvalue weighted by atomic mass is 16.4. The minimum Gasteiger partial charge on any atom is -0.481 e. The summed E-state index contributed by atoms with van der Waals surface area (Å²) < 4.78 is 1.42. The molecule has 2 N–H and O–H groups in total. The summed E-state index contributed by atoms with van der Waals surface area (Å²) >= 11 is 0. The van der Waals surface area contributed by atoms with Crippen LogP contribution in [0.25, 0.3) is 11.1 Å². The molecule has 0 bridgehead atoms. The predicted molar refractivity (Wildman–Crippen MR) is 136 cm³/mol. The van der Waals surface area contributed by atoms with E-state index < -0.39 is 24.0 Å². The van der Waals surface area contributed by atoms with Crippen molar-refractivity contribution in [1.29, 1.82) is 0 Å². The summed E-state index contributed by atoms with van der Waals surface area (Å²) in [6.07, 6.45) is 5.09. The Balaban J connectivity index is 1.98. The highest BCUT2D eigenvalue weighted by molar-refractivity contribution is 5.82. The fourth-order valence-electron chi connectivity index (χ4n) is 4.39. The molecule has 2 atom stereocenters. The Morgan fingerprint density at radius 3 is 2.34 bits per heavy atom. The number of aryl methyl sites for hydroxylation is 3. The summed E-state index contributed by atoms with van der Waals surface area (Å²) in [5.41, 5.74) is 5.20. The van der Waals surface area contributed by atoms with Gasteiger partial charge >= 0.3 is 5.97 Å². The van der Waals surface area contributed by atoms with Gasteiger partial charge in [-0.3, -0.25) is 19.4 Å². The van der Waals surface area contributed by atoms with Crippen molar-refractivity contribution in [3.8, 4) is 11.1 Å². The number of hydrogen-bond donors (Lipinski definition) is 2. The molecule has 0 saturated heterocycles. The lowest BCUT2D eigenvalue weighted by Crippen LogP contribution is -2.40. The van der Waals surface area contributed by atoms with Crippen LogP contribution in [-0.2, 0) is 9.59 Å². The molecule has 0 unspecified atom stereocenters. The quantitative estimate of drug-likeness (QED) is 0.465. The standard InChI is InChI=1S/C28H33N3O4/c1-17(2)11-24(31-10-9-18(3)12-25(31)32)28(35)30-23(14-26(33)34)21-13-22(16-29-15-21)27-19(4)7-6-8-20(27)5/h6-10,12-13,15-17,23-24H,11,14H2,1-5H3,(H,30,35)(H,33,34)/t23-,24-/m0/s1. The third-order valence-electron chi connectivity index (χ3n) is 6.06. The van der Waals surface area contributed by atoms with Crippen molar-refractivity contribution >= 4 is 11.9 Å². The Morgan fingerprint density at radius 1 is 1.06 bits per heavy atom. The van der Waals surface area contributed by atoms with Crippen LogP contribution < -0.4 is 10.9 Å². The summed E-state index contributed by atoms with van der Waals surface area (Å²) in [7, 11) is 0. The smallest absolute Gasteiger partial charge is 0.305 e. The molecule has 7 heteroatoms. The number of carbonyl (C=O) groups is 2. The maximum Gasteiger partial charge on any atom is 0.305 e. The Labute approximate surface area is 205 Å². The lowest BCUT2D eigenvalue weighted by atomic mass is 9.94.